The highest BCUT2D eigenvalue weighted by Gasteiger charge is 2.19. The fourth-order valence-electron chi connectivity index (χ4n) is 2.33. The minimum atomic E-state index is -3.87. The molecule has 3 rings (SSSR count). The molecule has 0 saturated carbocycles. The van der Waals surface area contributed by atoms with Crippen molar-refractivity contribution in [2.45, 2.75) is 18.7 Å². The molecular formula is C18H15ClFN3O3S. The molecule has 0 saturated heterocycles. The van der Waals surface area contributed by atoms with E-state index in [4.69, 9.17) is 16.3 Å². The Morgan fingerprint density at radius 1 is 1.04 bits per heavy atom. The summed E-state index contributed by atoms with van der Waals surface area (Å²) < 4.78 is 46.7. The standard InChI is InChI=1S/C18H15ClFN3O3S/c1-11-17(23-27(24,25)14-7-5-6-13(19)10-14)12(2)22-18(21-11)26-16-9-4-3-8-15(16)20/h3-10,23H,1-2H3. The molecule has 0 radical (unpaired) electrons. The Labute approximate surface area is 161 Å². The van der Waals surface area contributed by atoms with Crippen molar-refractivity contribution < 1.29 is 17.5 Å². The topological polar surface area (TPSA) is 81.2 Å². The van der Waals surface area contributed by atoms with Crippen LogP contribution in [0.3, 0.4) is 0 Å². The van der Waals surface area contributed by atoms with E-state index < -0.39 is 15.8 Å². The molecule has 0 aliphatic heterocycles. The third-order valence-electron chi connectivity index (χ3n) is 3.63. The molecule has 1 N–H and O–H groups in total. The van der Waals surface area contributed by atoms with Gasteiger partial charge in [0.25, 0.3) is 10.0 Å². The Balaban J connectivity index is 1.90. The molecule has 0 bridgehead atoms. The minimum absolute atomic E-state index is 0.0143. The second-order valence-corrected chi connectivity index (χ2v) is 7.77. The minimum Gasteiger partial charge on any atom is -0.421 e. The number of nitrogens with one attached hydrogen (secondary N) is 1. The zero-order valence-corrected chi connectivity index (χ0v) is 16.0. The molecule has 2 aromatic carbocycles. The predicted molar refractivity (Wildman–Crippen MR) is 100 cm³/mol. The molecule has 9 heteroatoms. The molecule has 0 aliphatic rings. The molecule has 6 nitrogen and oxygen atoms in total. The number of nitrogens with zero attached hydrogens (tertiary/aromatic N) is 2. The normalized spacial score (nSPS) is 11.3. The number of ether oxygens (including phenoxy) is 1. The lowest BCUT2D eigenvalue weighted by atomic mass is 10.3. The van der Waals surface area contributed by atoms with E-state index in [1.807, 2.05) is 0 Å². The number of para-hydroxylation sites is 1. The Kier molecular flexibility index (Phi) is 5.29. The number of aryl methyl sites for hydroxylation is 2. The van der Waals surface area contributed by atoms with Gasteiger partial charge in [-0.25, -0.2) is 12.8 Å². The summed E-state index contributed by atoms with van der Waals surface area (Å²) >= 11 is 5.86. The van der Waals surface area contributed by atoms with Gasteiger partial charge in [-0.2, -0.15) is 9.97 Å². The first kappa shape index (κ1) is 19.1. The van der Waals surface area contributed by atoms with Gasteiger partial charge in [-0.3, -0.25) is 4.72 Å². The first-order chi connectivity index (χ1) is 12.8. The fourth-order valence-corrected chi connectivity index (χ4v) is 3.81. The number of rotatable bonds is 5. The van der Waals surface area contributed by atoms with E-state index in [2.05, 4.69) is 14.7 Å². The summed E-state index contributed by atoms with van der Waals surface area (Å²) in [5.41, 5.74) is 0.884. The number of anilines is 1. The van der Waals surface area contributed by atoms with E-state index in [9.17, 15) is 12.8 Å². The van der Waals surface area contributed by atoms with Gasteiger partial charge in [0.05, 0.1) is 22.0 Å². The van der Waals surface area contributed by atoms with Crippen LogP contribution >= 0.6 is 11.6 Å². The van der Waals surface area contributed by atoms with Crippen molar-refractivity contribution >= 4 is 27.3 Å². The van der Waals surface area contributed by atoms with Crippen LogP contribution in [0.25, 0.3) is 0 Å². The molecule has 27 heavy (non-hydrogen) atoms. The molecule has 0 amide bonds. The van der Waals surface area contributed by atoms with E-state index in [0.29, 0.717) is 16.4 Å². The summed E-state index contributed by atoms with van der Waals surface area (Å²) in [5, 5.41) is 0.302. The lowest BCUT2D eigenvalue weighted by Crippen LogP contribution is -2.16. The average Bonchev–Trinajstić information content (AvgIpc) is 2.60. The molecule has 0 atom stereocenters. The molecule has 140 valence electrons. The first-order valence-electron chi connectivity index (χ1n) is 7.82. The maximum atomic E-state index is 13.7. The highest BCUT2D eigenvalue weighted by molar-refractivity contribution is 7.92. The molecule has 0 aliphatic carbocycles. The van der Waals surface area contributed by atoms with E-state index in [0.717, 1.165) is 0 Å². The van der Waals surface area contributed by atoms with Crippen LogP contribution in [0.15, 0.2) is 53.4 Å². The Morgan fingerprint density at radius 2 is 1.70 bits per heavy atom. The van der Waals surface area contributed by atoms with Crippen molar-refractivity contribution in [3.05, 3.63) is 70.8 Å². The Hall–Kier alpha value is -2.71. The summed E-state index contributed by atoms with van der Waals surface area (Å²) in [6, 6.07) is 11.6. The quantitative estimate of drug-likeness (QED) is 0.674. The molecule has 0 unspecified atom stereocenters. The van der Waals surface area contributed by atoms with Gasteiger partial charge in [-0.1, -0.05) is 29.8 Å². The number of aromatic nitrogens is 2. The zero-order valence-electron chi connectivity index (χ0n) is 14.4. The highest BCUT2D eigenvalue weighted by Crippen LogP contribution is 2.27. The maximum Gasteiger partial charge on any atom is 0.322 e. The second-order valence-electron chi connectivity index (χ2n) is 5.65. The van der Waals surface area contributed by atoms with Crippen LogP contribution in [-0.2, 0) is 10.0 Å². The fraction of sp³-hybridized carbons (Fsp3) is 0.111. The summed E-state index contributed by atoms with van der Waals surface area (Å²) in [4.78, 5) is 8.24. The number of benzene rings is 2. The molecule has 0 spiro atoms. The van der Waals surface area contributed by atoms with Crippen molar-refractivity contribution in [3.8, 4) is 11.8 Å². The third-order valence-corrected chi connectivity index (χ3v) is 5.21. The van der Waals surface area contributed by atoms with Crippen LogP contribution in [0, 0.1) is 19.7 Å². The Morgan fingerprint density at radius 3 is 2.33 bits per heavy atom. The molecule has 1 aromatic heterocycles. The van der Waals surface area contributed by atoms with Crippen molar-refractivity contribution in [3.63, 3.8) is 0 Å². The van der Waals surface area contributed by atoms with Gasteiger partial charge >= 0.3 is 6.01 Å². The third kappa shape index (κ3) is 4.35. The van der Waals surface area contributed by atoms with E-state index in [1.165, 1.54) is 30.3 Å². The van der Waals surface area contributed by atoms with Crippen LogP contribution in [-0.4, -0.2) is 18.4 Å². The lowest BCUT2D eigenvalue weighted by Gasteiger charge is -2.14. The van der Waals surface area contributed by atoms with E-state index in [-0.39, 0.29) is 22.3 Å². The van der Waals surface area contributed by atoms with Gasteiger partial charge in [-0.05, 0) is 44.2 Å². The summed E-state index contributed by atoms with van der Waals surface area (Å²) in [7, 11) is -3.87. The first-order valence-corrected chi connectivity index (χ1v) is 9.68. The predicted octanol–water partition coefficient (Wildman–Crippen LogP) is 4.48. The van der Waals surface area contributed by atoms with Crippen LogP contribution in [0.5, 0.6) is 11.8 Å². The summed E-state index contributed by atoms with van der Waals surface area (Å²) in [6.45, 7) is 3.19. The van der Waals surface area contributed by atoms with E-state index >= 15 is 0 Å². The Bertz CT molecular complexity index is 1080. The van der Waals surface area contributed by atoms with Crippen molar-refractivity contribution in [1.82, 2.24) is 9.97 Å². The lowest BCUT2D eigenvalue weighted by molar-refractivity contribution is 0.409. The molecule has 3 aromatic rings. The van der Waals surface area contributed by atoms with Crippen LogP contribution < -0.4 is 9.46 Å². The SMILES string of the molecule is Cc1nc(Oc2ccccc2F)nc(C)c1NS(=O)(=O)c1cccc(Cl)c1. The number of hydrogen-bond acceptors (Lipinski definition) is 5. The molecule has 0 fully saturated rings. The van der Waals surface area contributed by atoms with Gasteiger partial charge < -0.3 is 4.74 Å². The summed E-state index contributed by atoms with van der Waals surface area (Å²) in [5.74, 6) is -0.578. The van der Waals surface area contributed by atoms with Crippen LogP contribution in [0.4, 0.5) is 10.1 Å². The van der Waals surface area contributed by atoms with Crippen molar-refractivity contribution in [1.29, 1.82) is 0 Å². The largest absolute Gasteiger partial charge is 0.421 e. The highest BCUT2D eigenvalue weighted by atomic mass is 35.5. The van der Waals surface area contributed by atoms with Crippen LogP contribution in [0.2, 0.25) is 5.02 Å². The number of halogens is 2. The average molecular weight is 408 g/mol. The van der Waals surface area contributed by atoms with Gasteiger partial charge in [0.1, 0.15) is 0 Å². The maximum absolute atomic E-state index is 13.7. The van der Waals surface area contributed by atoms with Crippen molar-refractivity contribution in [2.75, 3.05) is 4.72 Å². The summed E-state index contributed by atoms with van der Waals surface area (Å²) in [6.07, 6.45) is 0. The van der Waals surface area contributed by atoms with Crippen LogP contribution in [0.1, 0.15) is 11.4 Å². The van der Waals surface area contributed by atoms with Gasteiger partial charge in [0.15, 0.2) is 11.6 Å². The number of hydrogen-bond donors (Lipinski definition) is 1. The molecular weight excluding hydrogens is 393 g/mol. The zero-order chi connectivity index (χ0) is 19.6. The second kappa shape index (κ2) is 7.50. The number of sulfonamides is 1. The van der Waals surface area contributed by atoms with Crippen molar-refractivity contribution in [2.24, 2.45) is 0 Å². The smallest absolute Gasteiger partial charge is 0.322 e. The van der Waals surface area contributed by atoms with E-state index in [1.54, 1.807) is 32.0 Å². The van der Waals surface area contributed by atoms with Gasteiger partial charge in [0, 0.05) is 5.02 Å². The monoisotopic (exact) mass is 407 g/mol. The van der Waals surface area contributed by atoms with Gasteiger partial charge in [-0.15, -0.1) is 0 Å². The molecule has 1 heterocycles. The van der Waals surface area contributed by atoms with Gasteiger partial charge in [0.2, 0.25) is 0 Å².